The molecule has 5 heteroatoms. The fourth-order valence-corrected chi connectivity index (χ4v) is 3.38. The number of aromatic nitrogens is 1. The highest BCUT2D eigenvalue weighted by Gasteiger charge is 2.29. The first kappa shape index (κ1) is 14.1. The zero-order valence-electron chi connectivity index (χ0n) is 12.0. The van der Waals surface area contributed by atoms with Gasteiger partial charge in [0.15, 0.2) is 0 Å². The molecule has 1 unspecified atom stereocenters. The molecule has 4 nitrogen and oxygen atoms in total. The van der Waals surface area contributed by atoms with Gasteiger partial charge in [0.05, 0.1) is 19.1 Å². The van der Waals surface area contributed by atoms with Crippen LogP contribution < -0.4 is 4.90 Å². The molecule has 0 bridgehead atoms. The number of ether oxygens (including phenoxy) is 1. The molecule has 1 aromatic heterocycles. The zero-order valence-corrected chi connectivity index (χ0v) is 12.8. The van der Waals surface area contributed by atoms with Crippen LogP contribution in [-0.4, -0.2) is 55.3 Å². The van der Waals surface area contributed by atoms with Crippen molar-refractivity contribution in [2.45, 2.75) is 25.3 Å². The standard InChI is InChI=1S/C15H22ClN3O/c1-12-8-15(13(9-16)10-17-12)19-3-2-14(11-19)18-4-6-20-7-5-18/h8,10,14H,2-7,9,11H2,1H3. The summed E-state index contributed by atoms with van der Waals surface area (Å²) in [6, 6.07) is 2.81. The van der Waals surface area contributed by atoms with E-state index in [1.807, 2.05) is 13.1 Å². The molecule has 110 valence electrons. The molecule has 3 heterocycles. The number of alkyl halides is 1. The molecule has 1 atom stereocenters. The monoisotopic (exact) mass is 295 g/mol. The third-order valence-corrected chi connectivity index (χ3v) is 4.60. The van der Waals surface area contributed by atoms with Crippen molar-refractivity contribution in [2.24, 2.45) is 0 Å². The number of pyridine rings is 1. The zero-order chi connectivity index (χ0) is 13.9. The van der Waals surface area contributed by atoms with Crippen LogP contribution >= 0.6 is 11.6 Å². The van der Waals surface area contributed by atoms with E-state index < -0.39 is 0 Å². The van der Waals surface area contributed by atoms with Gasteiger partial charge in [-0.25, -0.2) is 0 Å². The molecule has 0 spiro atoms. The van der Waals surface area contributed by atoms with Gasteiger partial charge < -0.3 is 9.64 Å². The van der Waals surface area contributed by atoms with Gasteiger partial charge in [0.25, 0.3) is 0 Å². The van der Waals surface area contributed by atoms with Gasteiger partial charge in [-0.3, -0.25) is 9.88 Å². The lowest BCUT2D eigenvalue weighted by atomic mass is 10.2. The van der Waals surface area contributed by atoms with Gasteiger partial charge in [-0.2, -0.15) is 0 Å². The van der Waals surface area contributed by atoms with E-state index in [4.69, 9.17) is 16.3 Å². The SMILES string of the molecule is Cc1cc(N2CCC(N3CCOCC3)C2)c(CCl)cn1. The second-order valence-electron chi connectivity index (χ2n) is 5.62. The van der Waals surface area contributed by atoms with Crippen LogP contribution in [0.3, 0.4) is 0 Å². The number of anilines is 1. The molecular formula is C15H22ClN3O. The summed E-state index contributed by atoms with van der Waals surface area (Å²) in [5, 5.41) is 0. The molecule has 1 aromatic rings. The third kappa shape index (κ3) is 2.92. The molecule has 0 saturated carbocycles. The Morgan fingerprint density at radius 1 is 1.35 bits per heavy atom. The van der Waals surface area contributed by atoms with Crippen molar-refractivity contribution in [3.63, 3.8) is 0 Å². The number of halogens is 1. The van der Waals surface area contributed by atoms with E-state index in [1.54, 1.807) is 0 Å². The van der Waals surface area contributed by atoms with Gasteiger partial charge >= 0.3 is 0 Å². The Labute approximate surface area is 125 Å². The minimum atomic E-state index is 0.529. The summed E-state index contributed by atoms with van der Waals surface area (Å²) in [5.41, 5.74) is 3.46. The highest BCUT2D eigenvalue weighted by Crippen LogP contribution is 2.28. The second kappa shape index (κ2) is 6.29. The van der Waals surface area contributed by atoms with E-state index in [1.165, 1.54) is 12.1 Å². The van der Waals surface area contributed by atoms with Crippen LogP contribution in [0.1, 0.15) is 17.7 Å². The highest BCUT2D eigenvalue weighted by molar-refractivity contribution is 6.17. The van der Waals surface area contributed by atoms with Crippen molar-refractivity contribution in [2.75, 3.05) is 44.3 Å². The largest absolute Gasteiger partial charge is 0.379 e. The van der Waals surface area contributed by atoms with Gasteiger partial charge in [-0.05, 0) is 19.4 Å². The van der Waals surface area contributed by atoms with E-state index in [-0.39, 0.29) is 0 Å². The lowest BCUT2D eigenvalue weighted by Gasteiger charge is -2.32. The van der Waals surface area contributed by atoms with Crippen molar-refractivity contribution in [1.29, 1.82) is 0 Å². The Bertz CT molecular complexity index is 462. The van der Waals surface area contributed by atoms with Crippen molar-refractivity contribution >= 4 is 17.3 Å². The van der Waals surface area contributed by atoms with Crippen LogP contribution in [0, 0.1) is 6.92 Å². The fraction of sp³-hybridized carbons (Fsp3) is 0.667. The second-order valence-corrected chi connectivity index (χ2v) is 5.89. The number of aryl methyl sites for hydroxylation is 1. The van der Waals surface area contributed by atoms with Gasteiger partial charge in [0, 0.05) is 55.4 Å². The molecule has 0 aliphatic carbocycles. The summed E-state index contributed by atoms with van der Waals surface area (Å²) in [4.78, 5) is 9.39. The molecule has 2 fully saturated rings. The molecule has 2 aliphatic heterocycles. The lowest BCUT2D eigenvalue weighted by molar-refractivity contribution is 0.0209. The van der Waals surface area contributed by atoms with Crippen LogP contribution in [-0.2, 0) is 10.6 Å². The number of hydrogen-bond donors (Lipinski definition) is 0. The number of rotatable bonds is 3. The van der Waals surface area contributed by atoms with E-state index >= 15 is 0 Å². The van der Waals surface area contributed by atoms with Crippen molar-refractivity contribution in [3.05, 3.63) is 23.5 Å². The fourth-order valence-electron chi connectivity index (χ4n) is 3.17. The summed E-state index contributed by atoms with van der Waals surface area (Å²) < 4.78 is 5.44. The van der Waals surface area contributed by atoms with E-state index in [9.17, 15) is 0 Å². The third-order valence-electron chi connectivity index (χ3n) is 4.31. The van der Waals surface area contributed by atoms with Crippen LogP contribution in [0.5, 0.6) is 0 Å². The van der Waals surface area contributed by atoms with Gasteiger partial charge in [-0.1, -0.05) is 0 Å². The van der Waals surface area contributed by atoms with Crippen LogP contribution in [0.25, 0.3) is 0 Å². The van der Waals surface area contributed by atoms with Crippen LogP contribution in [0.15, 0.2) is 12.3 Å². The minimum absolute atomic E-state index is 0.529. The maximum absolute atomic E-state index is 6.05. The summed E-state index contributed by atoms with van der Waals surface area (Å²) in [5.74, 6) is 0.529. The Kier molecular flexibility index (Phi) is 4.44. The van der Waals surface area contributed by atoms with Crippen molar-refractivity contribution in [3.8, 4) is 0 Å². The highest BCUT2D eigenvalue weighted by atomic mass is 35.5. The quantitative estimate of drug-likeness (QED) is 0.798. The van der Waals surface area contributed by atoms with E-state index in [0.717, 1.165) is 50.7 Å². The molecule has 2 saturated heterocycles. The average Bonchev–Trinajstić information content (AvgIpc) is 2.98. The van der Waals surface area contributed by atoms with Crippen molar-refractivity contribution < 1.29 is 4.74 Å². The van der Waals surface area contributed by atoms with E-state index in [2.05, 4.69) is 20.9 Å². The number of nitrogens with zero attached hydrogens (tertiary/aromatic N) is 3. The Balaban J connectivity index is 1.71. The molecular weight excluding hydrogens is 274 g/mol. The first-order valence-electron chi connectivity index (χ1n) is 7.36. The van der Waals surface area contributed by atoms with E-state index in [0.29, 0.717) is 11.9 Å². The minimum Gasteiger partial charge on any atom is -0.379 e. The maximum atomic E-state index is 6.05. The smallest absolute Gasteiger partial charge is 0.0594 e. The number of morpholine rings is 1. The Hall–Kier alpha value is -0.840. The molecule has 0 aromatic carbocycles. The molecule has 0 N–H and O–H groups in total. The summed E-state index contributed by atoms with van der Waals surface area (Å²) >= 11 is 6.05. The topological polar surface area (TPSA) is 28.6 Å². The lowest BCUT2D eigenvalue weighted by Crippen LogP contribution is -2.44. The Morgan fingerprint density at radius 2 is 2.15 bits per heavy atom. The molecule has 0 radical (unpaired) electrons. The van der Waals surface area contributed by atoms with Gasteiger partial charge in [0.1, 0.15) is 0 Å². The normalized spacial score (nSPS) is 24.3. The molecule has 0 amide bonds. The summed E-state index contributed by atoms with van der Waals surface area (Å²) in [7, 11) is 0. The number of hydrogen-bond acceptors (Lipinski definition) is 4. The predicted molar refractivity (Wildman–Crippen MR) is 81.5 cm³/mol. The van der Waals surface area contributed by atoms with Crippen molar-refractivity contribution in [1.82, 2.24) is 9.88 Å². The van der Waals surface area contributed by atoms with Gasteiger partial charge in [-0.15, -0.1) is 11.6 Å². The van der Waals surface area contributed by atoms with Gasteiger partial charge in [0.2, 0.25) is 0 Å². The first-order chi connectivity index (χ1) is 9.78. The summed E-state index contributed by atoms with van der Waals surface area (Å²) in [6.45, 7) is 8.11. The van der Waals surface area contributed by atoms with Crippen LogP contribution in [0.4, 0.5) is 5.69 Å². The van der Waals surface area contributed by atoms with Crippen LogP contribution in [0.2, 0.25) is 0 Å². The first-order valence-corrected chi connectivity index (χ1v) is 7.89. The summed E-state index contributed by atoms with van der Waals surface area (Å²) in [6.07, 6.45) is 3.14. The Morgan fingerprint density at radius 3 is 2.90 bits per heavy atom. The maximum Gasteiger partial charge on any atom is 0.0594 e. The molecule has 20 heavy (non-hydrogen) atoms. The average molecular weight is 296 g/mol. The predicted octanol–water partition coefficient (Wildman–Crippen LogP) is 2.04. The molecule has 2 aliphatic rings. The molecule has 3 rings (SSSR count).